The van der Waals surface area contributed by atoms with Gasteiger partial charge in [0, 0.05) is 24.7 Å². The first kappa shape index (κ1) is 27.1. The molecule has 0 radical (unpaired) electrons. The first-order chi connectivity index (χ1) is 17.0. The molecule has 0 amide bonds. The maximum absolute atomic E-state index is 12.1. The Kier molecular flexibility index (Phi) is 7.88. The number of esters is 2. The summed E-state index contributed by atoms with van der Waals surface area (Å²) in [6.45, 7) is 12.5. The third-order valence-electron chi connectivity index (χ3n) is 10.5. The van der Waals surface area contributed by atoms with Crippen LogP contribution in [0.4, 0.5) is 0 Å². The molecule has 4 aliphatic rings. The molecule has 0 aromatic heterocycles. The Balaban J connectivity index is 1.64. The third kappa shape index (κ3) is 4.96. The van der Waals surface area contributed by atoms with Crippen LogP contribution in [0.1, 0.15) is 92.9 Å². The van der Waals surface area contributed by atoms with Gasteiger partial charge in [0.1, 0.15) is 6.10 Å². The molecule has 0 aliphatic heterocycles. The van der Waals surface area contributed by atoms with E-state index in [-0.39, 0.29) is 40.6 Å². The van der Waals surface area contributed by atoms with Gasteiger partial charge in [-0.05, 0) is 99.0 Å². The van der Waals surface area contributed by atoms with E-state index in [1.165, 1.54) is 19.4 Å². The largest absolute Gasteiger partial charge is 0.465 e. The number of rotatable bonds is 8. The Morgan fingerprint density at radius 2 is 1.78 bits per heavy atom. The fourth-order valence-corrected chi connectivity index (χ4v) is 8.76. The average molecular weight is 499 g/mol. The van der Waals surface area contributed by atoms with Crippen LogP contribution in [0.2, 0.25) is 0 Å². The number of ether oxygens (including phenoxy) is 2. The predicted octanol–water partition coefficient (Wildman–Crippen LogP) is 6.46. The van der Waals surface area contributed by atoms with E-state index in [1.54, 1.807) is 6.08 Å². The Hall–Kier alpha value is -1.91. The van der Waals surface area contributed by atoms with Crippen molar-refractivity contribution in [1.29, 1.82) is 0 Å². The highest BCUT2D eigenvalue weighted by Gasteiger charge is 2.62. The molecule has 3 fully saturated rings. The molecule has 0 N–H and O–H groups in total. The Labute approximate surface area is 217 Å². The van der Waals surface area contributed by atoms with Gasteiger partial charge in [-0.3, -0.25) is 14.4 Å². The summed E-state index contributed by atoms with van der Waals surface area (Å²) >= 11 is 0. The minimum atomic E-state index is -0.213. The number of hydrogen-bond donors (Lipinski definition) is 0. The first-order valence-corrected chi connectivity index (χ1v) is 14.2. The van der Waals surface area contributed by atoms with Crippen molar-refractivity contribution in [3.63, 3.8) is 0 Å². The molecule has 5 heteroatoms. The van der Waals surface area contributed by atoms with Crippen LogP contribution in [-0.2, 0) is 23.9 Å². The molecule has 5 nitrogen and oxygen atoms in total. The lowest BCUT2D eigenvalue weighted by Crippen LogP contribution is -2.53. The fourth-order valence-electron chi connectivity index (χ4n) is 8.76. The molecule has 4 rings (SSSR count). The molecular formula is C31H46O5. The molecule has 36 heavy (non-hydrogen) atoms. The zero-order valence-corrected chi connectivity index (χ0v) is 23.2. The highest BCUT2D eigenvalue weighted by atomic mass is 16.5. The second-order valence-electron chi connectivity index (χ2n) is 12.8. The van der Waals surface area contributed by atoms with E-state index in [2.05, 4.69) is 33.8 Å². The van der Waals surface area contributed by atoms with Gasteiger partial charge in [-0.2, -0.15) is 0 Å². The molecule has 0 unspecified atom stereocenters. The molecule has 4 aliphatic carbocycles. The van der Waals surface area contributed by atoms with Crippen LogP contribution >= 0.6 is 0 Å². The maximum Gasteiger partial charge on any atom is 0.302 e. The Bertz CT molecular complexity index is 931. The SMILES string of the molecule is CC(=O)OC[C@]12CC[C@H]3[C@@H](CCC4=CC(=O)C=C[C@@]43C)[C@@H]1CC[C@@H]2[C@H](C)[C@@H](CCC(C)C)OC(C)=O. The van der Waals surface area contributed by atoms with Crippen molar-refractivity contribution in [1.82, 2.24) is 0 Å². The van der Waals surface area contributed by atoms with Crippen LogP contribution in [0.15, 0.2) is 23.8 Å². The van der Waals surface area contributed by atoms with Crippen molar-refractivity contribution in [2.45, 2.75) is 99.0 Å². The summed E-state index contributed by atoms with van der Waals surface area (Å²) in [5.74, 6) is 2.36. The predicted molar refractivity (Wildman–Crippen MR) is 140 cm³/mol. The van der Waals surface area contributed by atoms with Gasteiger partial charge in [-0.25, -0.2) is 0 Å². The van der Waals surface area contributed by atoms with Gasteiger partial charge in [-0.1, -0.05) is 39.3 Å². The van der Waals surface area contributed by atoms with Crippen molar-refractivity contribution >= 4 is 17.7 Å². The third-order valence-corrected chi connectivity index (χ3v) is 10.5. The number of hydrogen-bond acceptors (Lipinski definition) is 5. The van der Waals surface area contributed by atoms with Gasteiger partial charge < -0.3 is 9.47 Å². The minimum absolute atomic E-state index is 0.0499. The number of fused-ring (bicyclic) bond motifs is 5. The van der Waals surface area contributed by atoms with Crippen molar-refractivity contribution in [2.24, 2.45) is 46.3 Å². The van der Waals surface area contributed by atoms with Gasteiger partial charge in [0.15, 0.2) is 5.78 Å². The summed E-state index contributed by atoms with van der Waals surface area (Å²) in [4.78, 5) is 36.2. The average Bonchev–Trinajstić information content (AvgIpc) is 3.20. The van der Waals surface area contributed by atoms with Crippen molar-refractivity contribution in [2.75, 3.05) is 6.61 Å². The Morgan fingerprint density at radius 1 is 1.03 bits per heavy atom. The molecule has 200 valence electrons. The zero-order valence-electron chi connectivity index (χ0n) is 23.2. The van der Waals surface area contributed by atoms with E-state index in [9.17, 15) is 14.4 Å². The van der Waals surface area contributed by atoms with E-state index < -0.39 is 0 Å². The van der Waals surface area contributed by atoms with E-state index in [1.807, 2.05) is 6.08 Å². The lowest BCUT2D eigenvalue weighted by molar-refractivity contribution is -0.160. The van der Waals surface area contributed by atoms with Crippen molar-refractivity contribution < 1.29 is 23.9 Å². The zero-order chi connectivity index (χ0) is 26.3. The molecule has 8 atom stereocenters. The maximum atomic E-state index is 12.1. The number of allylic oxidation sites excluding steroid dienone is 4. The van der Waals surface area contributed by atoms with Crippen LogP contribution < -0.4 is 0 Å². The highest BCUT2D eigenvalue weighted by Crippen LogP contribution is 2.67. The summed E-state index contributed by atoms with van der Waals surface area (Å²) in [7, 11) is 0. The van der Waals surface area contributed by atoms with Crippen LogP contribution in [-0.4, -0.2) is 30.4 Å². The summed E-state index contributed by atoms with van der Waals surface area (Å²) in [5, 5.41) is 0. The monoisotopic (exact) mass is 498 g/mol. The van der Waals surface area contributed by atoms with Crippen LogP contribution in [0.3, 0.4) is 0 Å². The van der Waals surface area contributed by atoms with Gasteiger partial charge >= 0.3 is 11.9 Å². The standard InChI is InChI=1S/C31H46O5/c1-19(2)7-12-29(36-22(5)33)20(3)26-10-11-28-25-9-8-23-17-24(34)13-15-30(23,6)27(25)14-16-31(26,28)18-35-21(4)32/h13,15,17,19-20,25-29H,7-12,14,16,18H2,1-6H3/t20-,25+,26+,27-,28-,29+,30-,31-/m0/s1. The normalized spacial score (nSPS) is 36.9. The summed E-state index contributed by atoms with van der Waals surface area (Å²) in [6, 6.07) is 0. The lowest BCUT2D eigenvalue weighted by Gasteiger charge is -2.58. The van der Waals surface area contributed by atoms with E-state index >= 15 is 0 Å². The first-order valence-electron chi connectivity index (χ1n) is 14.2. The Morgan fingerprint density at radius 3 is 2.44 bits per heavy atom. The second kappa shape index (κ2) is 10.5. The summed E-state index contributed by atoms with van der Waals surface area (Å²) in [5.41, 5.74) is 1.18. The molecule has 0 heterocycles. The van der Waals surface area contributed by atoms with Crippen LogP contribution in [0.5, 0.6) is 0 Å². The number of carbonyl (C=O) groups is 3. The second-order valence-corrected chi connectivity index (χ2v) is 12.8. The van der Waals surface area contributed by atoms with Gasteiger partial charge in [0.2, 0.25) is 0 Å². The molecule has 0 saturated heterocycles. The highest BCUT2D eigenvalue weighted by molar-refractivity contribution is 6.01. The van der Waals surface area contributed by atoms with Crippen LogP contribution in [0, 0.1) is 46.3 Å². The summed E-state index contributed by atoms with van der Waals surface area (Å²) in [6.07, 6.45) is 14.0. The van der Waals surface area contributed by atoms with E-state index in [0.29, 0.717) is 36.2 Å². The van der Waals surface area contributed by atoms with E-state index in [0.717, 1.165) is 51.4 Å². The molecule has 0 bridgehead atoms. The van der Waals surface area contributed by atoms with Crippen molar-refractivity contribution in [3.8, 4) is 0 Å². The minimum Gasteiger partial charge on any atom is -0.465 e. The topological polar surface area (TPSA) is 69.7 Å². The summed E-state index contributed by atoms with van der Waals surface area (Å²) < 4.78 is 11.8. The molecule has 0 aromatic carbocycles. The van der Waals surface area contributed by atoms with Crippen molar-refractivity contribution in [3.05, 3.63) is 23.8 Å². The smallest absolute Gasteiger partial charge is 0.302 e. The quantitative estimate of drug-likeness (QED) is 0.359. The van der Waals surface area contributed by atoms with Gasteiger partial charge in [0.25, 0.3) is 0 Å². The van der Waals surface area contributed by atoms with E-state index in [4.69, 9.17) is 9.47 Å². The van der Waals surface area contributed by atoms with Gasteiger partial charge in [0.05, 0.1) is 6.61 Å². The van der Waals surface area contributed by atoms with Crippen LogP contribution in [0.25, 0.3) is 0 Å². The number of ketones is 1. The lowest BCUT2D eigenvalue weighted by atomic mass is 9.47. The molecular weight excluding hydrogens is 452 g/mol. The molecule has 3 saturated carbocycles. The molecule has 0 aromatic rings. The fraction of sp³-hybridized carbons (Fsp3) is 0.774. The number of carbonyl (C=O) groups excluding carboxylic acids is 3. The van der Waals surface area contributed by atoms with Gasteiger partial charge in [-0.15, -0.1) is 0 Å². The molecule has 0 spiro atoms.